The number of hydrogen-bond acceptors (Lipinski definition) is 4. The van der Waals surface area contributed by atoms with Crippen LogP contribution in [-0.4, -0.2) is 37.2 Å². The van der Waals surface area contributed by atoms with Crippen molar-refractivity contribution in [2.24, 2.45) is 0 Å². The van der Waals surface area contributed by atoms with Crippen LogP contribution in [0.2, 0.25) is 0 Å². The zero-order chi connectivity index (χ0) is 15.1. The van der Waals surface area contributed by atoms with E-state index in [4.69, 9.17) is 9.47 Å². The van der Waals surface area contributed by atoms with Gasteiger partial charge in [0.05, 0.1) is 19.1 Å². The molecule has 1 aromatic carbocycles. The van der Waals surface area contributed by atoms with Crippen LogP contribution in [0.4, 0.5) is 0 Å². The minimum absolute atomic E-state index is 0.0436. The van der Waals surface area contributed by atoms with E-state index in [1.807, 2.05) is 36.4 Å². The Bertz CT molecular complexity index is 512. The van der Waals surface area contributed by atoms with Crippen LogP contribution < -0.4 is 5.32 Å². The first-order valence-corrected chi connectivity index (χ1v) is 6.90. The molecule has 1 aromatic rings. The minimum Gasteiger partial charge on any atom is -0.463 e. The first-order valence-electron chi connectivity index (χ1n) is 6.90. The van der Waals surface area contributed by atoms with Gasteiger partial charge >= 0.3 is 5.97 Å². The summed E-state index contributed by atoms with van der Waals surface area (Å²) >= 11 is 0. The fourth-order valence-corrected chi connectivity index (χ4v) is 2.03. The molecule has 21 heavy (non-hydrogen) atoms. The summed E-state index contributed by atoms with van der Waals surface area (Å²) in [5, 5.41) is 2.89. The minimum atomic E-state index is -0.328. The van der Waals surface area contributed by atoms with Crippen LogP contribution in [0.15, 0.2) is 42.5 Å². The van der Waals surface area contributed by atoms with Gasteiger partial charge in [0.2, 0.25) is 5.91 Å². The van der Waals surface area contributed by atoms with Crippen LogP contribution in [0, 0.1) is 0 Å². The lowest BCUT2D eigenvalue weighted by Crippen LogP contribution is -2.41. The Morgan fingerprint density at radius 2 is 2.05 bits per heavy atom. The lowest BCUT2D eigenvalue weighted by Gasteiger charge is -2.24. The molecule has 0 spiro atoms. The number of nitrogens with one attached hydrogen (secondary N) is 1. The summed E-state index contributed by atoms with van der Waals surface area (Å²) in [6, 6.07) is 9.43. The summed E-state index contributed by atoms with van der Waals surface area (Å²) in [7, 11) is 0. The summed E-state index contributed by atoms with van der Waals surface area (Å²) in [5.41, 5.74) is 0.975. The van der Waals surface area contributed by atoms with Gasteiger partial charge in [0.1, 0.15) is 12.7 Å². The molecule has 0 bridgehead atoms. The molecule has 1 amide bonds. The maximum absolute atomic E-state index is 11.9. The first-order chi connectivity index (χ1) is 10.1. The number of amides is 1. The zero-order valence-corrected chi connectivity index (χ0v) is 12.0. The molecule has 0 radical (unpaired) electrons. The summed E-state index contributed by atoms with van der Waals surface area (Å²) < 4.78 is 10.4. The number of esters is 1. The van der Waals surface area contributed by atoms with Crippen LogP contribution in [0.25, 0.3) is 0 Å². The molecule has 0 saturated carbocycles. The standard InChI is InChI=1S/C16H19NO4/c1-12(18)20-11-15-8-7-14(10-21-15)17-16(19)9-13-5-3-2-4-6-13/h2-8,14-15H,9-11H2,1H3,(H,17,19)/t14-,15-/m1/s1. The van der Waals surface area contributed by atoms with E-state index in [2.05, 4.69) is 5.32 Å². The lowest BCUT2D eigenvalue weighted by atomic mass is 10.1. The van der Waals surface area contributed by atoms with Gasteiger partial charge in [0, 0.05) is 6.92 Å². The van der Waals surface area contributed by atoms with Crippen LogP contribution in [-0.2, 0) is 25.5 Å². The van der Waals surface area contributed by atoms with E-state index < -0.39 is 0 Å². The maximum Gasteiger partial charge on any atom is 0.302 e. The van der Waals surface area contributed by atoms with E-state index in [1.54, 1.807) is 6.08 Å². The molecule has 112 valence electrons. The number of carbonyl (C=O) groups excluding carboxylic acids is 2. The number of hydrogen-bond donors (Lipinski definition) is 1. The number of ether oxygens (including phenoxy) is 2. The quantitative estimate of drug-likeness (QED) is 0.654. The fraction of sp³-hybridized carbons (Fsp3) is 0.375. The monoisotopic (exact) mass is 289 g/mol. The van der Waals surface area contributed by atoms with Gasteiger partial charge in [-0.15, -0.1) is 0 Å². The Morgan fingerprint density at radius 1 is 1.29 bits per heavy atom. The Balaban J connectivity index is 1.76. The SMILES string of the molecule is CC(=O)OC[C@H]1C=C[C@@H](NC(=O)Cc2ccccc2)CO1. The highest BCUT2D eigenvalue weighted by atomic mass is 16.6. The third kappa shape index (κ3) is 5.39. The Morgan fingerprint density at radius 3 is 2.67 bits per heavy atom. The van der Waals surface area contributed by atoms with E-state index in [-0.39, 0.29) is 30.6 Å². The number of carbonyl (C=O) groups is 2. The number of rotatable bonds is 5. The van der Waals surface area contributed by atoms with E-state index in [0.717, 1.165) is 5.56 Å². The lowest BCUT2D eigenvalue weighted by molar-refractivity contribution is -0.144. The summed E-state index contributed by atoms with van der Waals surface area (Å²) in [5.74, 6) is -0.372. The van der Waals surface area contributed by atoms with Gasteiger partial charge in [-0.1, -0.05) is 42.5 Å². The second kappa shape index (κ2) is 7.59. The molecular formula is C16H19NO4. The fourth-order valence-electron chi connectivity index (χ4n) is 2.03. The molecule has 1 aliphatic rings. The third-order valence-corrected chi connectivity index (χ3v) is 3.05. The Labute approximate surface area is 123 Å². The second-order valence-corrected chi connectivity index (χ2v) is 4.90. The van der Waals surface area contributed by atoms with Crippen molar-refractivity contribution in [3.63, 3.8) is 0 Å². The van der Waals surface area contributed by atoms with Gasteiger partial charge in [-0.3, -0.25) is 9.59 Å². The molecule has 1 N–H and O–H groups in total. The molecule has 0 aromatic heterocycles. The van der Waals surface area contributed by atoms with Crippen molar-refractivity contribution < 1.29 is 19.1 Å². The van der Waals surface area contributed by atoms with Crippen molar-refractivity contribution in [3.8, 4) is 0 Å². The molecule has 1 aliphatic heterocycles. The van der Waals surface area contributed by atoms with Gasteiger partial charge in [0.25, 0.3) is 0 Å². The highest BCUT2D eigenvalue weighted by Gasteiger charge is 2.18. The van der Waals surface area contributed by atoms with Gasteiger partial charge in [-0.2, -0.15) is 0 Å². The number of benzene rings is 1. The molecule has 0 unspecified atom stereocenters. The molecule has 0 aliphatic carbocycles. The van der Waals surface area contributed by atoms with Gasteiger partial charge in [-0.05, 0) is 5.56 Å². The summed E-state index contributed by atoms with van der Waals surface area (Å²) in [6.07, 6.45) is 3.79. The summed E-state index contributed by atoms with van der Waals surface area (Å²) in [6.45, 7) is 1.94. The molecule has 1 heterocycles. The van der Waals surface area contributed by atoms with Gasteiger partial charge in [0.15, 0.2) is 0 Å². The predicted octanol–water partition coefficient (Wildman–Crippen LogP) is 1.23. The molecule has 0 fully saturated rings. The van der Waals surface area contributed by atoms with Crippen LogP contribution in [0.3, 0.4) is 0 Å². The molecule has 0 saturated heterocycles. The van der Waals surface area contributed by atoms with Crippen molar-refractivity contribution in [2.75, 3.05) is 13.2 Å². The Hall–Kier alpha value is -2.14. The van der Waals surface area contributed by atoms with Crippen molar-refractivity contribution in [3.05, 3.63) is 48.0 Å². The molecule has 5 nitrogen and oxygen atoms in total. The largest absolute Gasteiger partial charge is 0.463 e. The van der Waals surface area contributed by atoms with E-state index in [9.17, 15) is 9.59 Å². The van der Waals surface area contributed by atoms with Crippen molar-refractivity contribution in [1.82, 2.24) is 5.32 Å². The highest BCUT2D eigenvalue weighted by Crippen LogP contribution is 2.07. The van der Waals surface area contributed by atoms with Gasteiger partial charge in [-0.25, -0.2) is 0 Å². The van der Waals surface area contributed by atoms with Crippen molar-refractivity contribution in [1.29, 1.82) is 0 Å². The Kier molecular flexibility index (Phi) is 5.51. The van der Waals surface area contributed by atoms with Gasteiger partial charge < -0.3 is 14.8 Å². The average Bonchev–Trinajstić information content (AvgIpc) is 2.47. The normalized spacial score (nSPS) is 20.8. The van der Waals surface area contributed by atoms with E-state index >= 15 is 0 Å². The molecular weight excluding hydrogens is 270 g/mol. The predicted molar refractivity (Wildman–Crippen MR) is 77.6 cm³/mol. The highest BCUT2D eigenvalue weighted by molar-refractivity contribution is 5.79. The van der Waals surface area contributed by atoms with Crippen LogP contribution in [0.5, 0.6) is 0 Å². The first kappa shape index (κ1) is 15.3. The molecule has 2 rings (SSSR count). The van der Waals surface area contributed by atoms with Crippen LogP contribution >= 0.6 is 0 Å². The van der Waals surface area contributed by atoms with Crippen molar-refractivity contribution >= 4 is 11.9 Å². The van der Waals surface area contributed by atoms with E-state index in [1.165, 1.54) is 6.92 Å². The zero-order valence-electron chi connectivity index (χ0n) is 12.0. The smallest absolute Gasteiger partial charge is 0.302 e. The van der Waals surface area contributed by atoms with Crippen molar-refractivity contribution in [2.45, 2.75) is 25.5 Å². The average molecular weight is 289 g/mol. The maximum atomic E-state index is 11.9. The second-order valence-electron chi connectivity index (χ2n) is 4.90. The summed E-state index contributed by atoms with van der Waals surface area (Å²) in [4.78, 5) is 22.6. The molecule has 2 atom stereocenters. The molecule has 5 heteroatoms. The topological polar surface area (TPSA) is 64.6 Å². The van der Waals surface area contributed by atoms with E-state index in [0.29, 0.717) is 13.0 Å². The van der Waals surface area contributed by atoms with Crippen LogP contribution in [0.1, 0.15) is 12.5 Å². The third-order valence-electron chi connectivity index (χ3n) is 3.05.